The minimum absolute atomic E-state index is 0.0487. The summed E-state index contributed by atoms with van der Waals surface area (Å²) in [4.78, 5) is 14.1. The van der Waals surface area contributed by atoms with Crippen molar-refractivity contribution < 1.29 is 13.2 Å². The molecule has 0 bridgehead atoms. The predicted octanol–water partition coefficient (Wildman–Crippen LogP) is 0.807. The fourth-order valence-corrected chi connectivity index (χ4v) is 3.78. The molecule has 7 nitrogen and oxygen atoms in total. The number of primary sulfonamides is 1. The first kappa shape index (κ1) is 14.5. The zero-order chi connectivity index (χ0) is 15.4. The molecule has 1 amide bonds. The highest BCUT2D eigenvalue weighted by Gasteiger charge is 2.39. The Morgan fingerprint density at radius 1 is 1.43 bits per heavy atom. The normalized spacial score (nSPS) is 21.8. The number of nitrogens with zero attached hydrogens (tertiary/aromatic N) is 2. The minimum atomic E-state index is -3.97. The molecule has 8 heteroatoms. The van der Waals surface area contributed by atoms with Gasteiger partial charge in [0.25, 0.3) is 5.91 Å². The van der Waals surface area contributed by atoms with Crippen molar-refractivity contribution in [1.29, 1.82) is 0 Å². The molecule has 1 aliphatic carbocycles. The minimum Gasteiger partial charge on any atom is -0.337 e. The lowest BCUT2D eigenvalue weighted by Crippen LogP contribution is -2.32. The Labute approximate surface area is 123 Å². The largest absolute Gasteiger partial charge is 0.337 e. The number of likely N-dealkylation sites (tertiary alicyclic amines) is 1. The van der Waals surface area contributed by atoms with E-state index in [9.17, 15) is 13.2 Å². The number of hydrogen-bond donors (Lipinski definition) is 2. The van der Waals surface area contributed by atoms with Crippen LogP contribution in [0.2, 0.25) is 0 Å². The quantitative estimate of drug-likeness (QED) is 0.860. The van der Waals surface area contributed by atoms with E-state index in [4.69, 9.17) is 5.14 Å². The highest BCUT2D eigenvalue weighted by Crippen LogP contribution is 2.42. The standard InChI is InChI=1S/C13H20N4O3S/c1-13(2)5-6-17(7-13)12(18)10-11(21(14,19)20)9(15-16-10)8-3-4-8/h8H,3-7H2,1-2H3,(H,15,16)(H2,14,19,20). The predicted molar refractivity (Wildman–Crippen MR) is 76.2 cm³/mol. The summed E-state index contributed by atoms with van der Waals surface area (Å²) in [6, 6.07) is 0. The molecule has 1 saturated carbocycles. The van der Waals surface area contributed by atoms with Crippen molar-refractivity contribution in [1.82, 2.24) is 15.1 Å². The number of hydrogen-bond acceptors (Lipinski definition) is 4. The van der Waals surface area contributed by atoms with E-state index in [-0.39, 0.29) is 27.8 Å². The van der Waals surface area contributed by atoms with Crippen molar-refractivity contribution >= 4 is 15.9 Å². The van der Waals surface area contributed by atoms with Gasteiger partial charge >= 0.3 is 0 Å². The number of carbonyl (C=O) groups excluding carboxylic acids is 1. The fourth-order valence-electron chi connectivity index (χ4n) is 2.86. The Morgan fingerprint density at radius 2 is 2.10 bits per heavy atom. The molecule has 0 atom stereocenters. The zero-order valence-electron chi connectivity index (χ0n) is 12.2. The molecule has 2 fully saturated rings. The average molecular weight is 312 g/mol. The molecule has 0 aromatic carbocycles. The maximum absolute atomic E-state index is 12.6. The Kier molecular flexibility index (Phi) is 3.14. The van der Waals surface area contributed by atoms with E-state index < -0.39 is 10.0 Å². The molecule has 0 radical (unpaired) electrons. The number of sulfonamides is 1. The van der Waals surface area contributed by atoms with Gasteiger partial charge in [-0.3, -0.25) is 9.89 Å². The molecular weight excluding hydrogens is 292 g/mol. The van der Waals surface area contributed by atoms with E-state index in [0.717, 1.165) is 19.3 Å². The van der Waals surface area contributed by atoms with Crippen molar-refractivity contribution in [3.8, 4) is 0 Å². The van der Waals surface area contributed by atoms with Crippen LogP contribution >= 0.6 is 0 Å². The fraction of sp³-hybridized carbons (Fsp3) is 0.692. The van der Waals surface area contributed by atoms with Gasteiger partial charge in [-0.1, -0.05) is 13.8 Å². The topological polar surface area (TPSA) is 109 Å². The van der Waals surface area contributed by atoms with Crippen molar-refractivity contribution in [3.63, 3.8) is 0 Å². The van der Waals surface area contributed by atoms with E-state index >= 15 is 0 Å². The van der Waals surface area contributed by atoms with E-state index in [1.807, 2.05) is 0 Å². The molecule has 21 heavy (non-hydrogen) atoms. The van der Waals surface area contributed by atoms with Gasteiger partial charge in [-0.2, -0.15) is 5.10 Å². The van der Waals surface area contributed by atoms with Gasteiger partial charge in [0.2, 0.25) is 10.0 Å². The summed E-state index contributed by atoms with van der Waals surface area (Å²) in [5.41, 5.74) is 0.476. The molecule has 1 saturated heterocycles. The van der Waals surface area contributed by atoms with Crippen LogP contribution < -0.4 is 5.14 Å². The maximum atomic E-state index is 12.6. The summed E-state index contributed by atoms with van der Waals surface area (Å²) in [6.45, 7) is 5.38. The summed E-state index contributed by atoms with van der Waals surface area (Å²) in [5, 5.41) is 12.0. The molecule has 2 aliphatic rings. The summed E-state index contributed by atoms with van der Waals surface area (Å²) in [5.74, 6) is -0.227. The third-order valence-corrected chi connectivity index (χ3v) is 5.17. The van der Waals surface area contributed by atoms with Crippen LogP contribution in [-0.4, -0.2) is 42.5 Å². The second kappa shape index (κ2) is 4.54. The Morgan fingerprint density at radius 3 is 2.57 bits per heavy atom. The van der Waals surface area contributed by atoms with Gasteiger partial charge in [-0.25, -0.2) is 13.6 Å². The van der Waals surface area contributed by atoms with Gasteiger partial charge in [0.05, 0.1) is 5.69 Å². The number of carbonyl (C=O) groups is 1. The van der Waals surface area contributed by atoms with Gasteiger partial charge < -0.3 is 4.90 Å². The number of H-pyrrole nitrogens is 1. The Balaban J connectivity index is 1.97. The third kappa shape index (κ3) is 2.69. The Bertz CT molecular complexity index is 688. The van der Waals surface area contributed by atoms with Crippen molar-refractivity contribution in [3.05, 3.63) is 11.4 Å². The van der Waals surface area contributed by atoms with Crippen LogP contribution in [0.25, 0.3) is 0 Å². The number of rotatable bonds is 3. The number of nitrogens with one attached hydrogen (secondary N) is 1. The van der Waals surface area contributed by atoms with Crippen LogP contribution in [0.4, 0.5) is 0 Å². The summed E-state index contributed by atoms with van der Waals surface area (Å²) in [7, 11) is -3.97. The molecule has 3 rings (SSSR count). The van der Waals surface area contributed by atoms with Gasteiger partial charge in [-0.05, 0) is 24.7 Å². The van der Waals surface area contributed by atoms with Crippen molar-refractivity contribution in [2.45, 2.75) is 43.9 Å². The van der Waals surface area contributed by atoms with Crippen molar-refractivity contribution in [2.24, 2.45) is 10.6 Å². The first-order chi connectivity index (χ1) is 9.69. The molecule has 0 spiro atoms. The average Bonchev–Trinajstić information content (AvgIpc) is 2.99. The van der Waals surface area contributed by atoms with Gasteiger partial charge in [-0.15, -0.1) is 0 Å². The smallest absolute Gasteiger partial charge is 0.275 e. The molecule has 1 aliphatic heterocycles. The lowest BCUT2D eigenvalue weighted by molar-refractivity contribution is 0.0768. The van der Waals surface area contributed by atoms with Gasteiger partial charge in [0.15, 0.2) is 5.69 Å². The monoisotopic (exact) mass is 312 g/mol. The van der Waals surface area contributed by atoms with E-state index in [1.165, 1.54) is 0 Å². The molecule has 3 N–H and O–H groups in total. The highest BCUT2D eigenvalue weighted by molar-refractivity contribution is 7.89. The molecule has 0 unspecified atom stereocenters. The molecule has 116 valence electrons. The second-order valence-electron chi connectivity index (χ2n) is 6.78. The summed E-state index contributed by atoms with van der Waals surface area (Å²) in [6.07, 6.45) is 2.69. The van der Waals surface area contributed by atoms with Crippen LogP contribution in [0, 0.1) is 5.41 Å². The second-order valence-corrected chi connectivity index (χ2v) is 8.27. The van der Waals surface area contributed by atoms with Crippen LogP contribution in [0.3, 0.4) is 0 Å². The van der Waals surface area contributed by atoms with Crippen LogP contribution in [0.5, 0.6) is 0 Å². The molecule has 1 aromatic rings. The third-order valence-electron chi connectivity index (χ3n) is 4.19. The zero-order valence-corrected chi connectivity index (χ0v) is 13.0. The van der Waals surface area contributed by atoms with Gasteiger partial charge in [0, 0.05) is 19.0 Å². The lowest BCUT2D eigenvalue weighted by Gasteiger charge is -2.19. The number of aromatic amines is 1. The SMILES string of the molecule is CC1(C)CCN(C(=O)c2n[nH]c(C3CC3)c2S(N)(=O)=O)C1. The van der Waals surface area contributed by atoms with E-state index in [0.29, 0.717) is 18.8 Å². The number of nitrogens with two attached hydrogens (primary N) is 1. The lowest BCUT2D eigenvalue weighted by atomic mass is 9.93. The Hall–Kier alpha value is -1.41. The maximum Gasteiger partial charge on any atom is 0.275 e. The van der Waals surface area contributed by atoms with Crippen LogP contribution in [0.15, 0.2) is 4.90 Å². The number of amides is 1. The summed E-state index contributed by atoms with van der Waals surface area (Å²) >= 11 is 0. The first-order valence-electron chi connectivity index (χ1n) is 7.09. The number of aromatic nitrogens is 2. The van der Waals surface area contributed by atoms with E-state index in [1.54, 1.807) is 4.90 Å². The van der Waals surface area contributed by atoms with Gasteiger partial charge in [0.1, 0.15) is 4.90 Å². The van der Waals surface area contributed by atoms with Crippen molar-refractivity contribution in [2.75, 3.05) is 13.1 Å². The molecule has 2 heterocycles. The first-order valence-corrected chi connectivity index (χ1v) is 8.64. The molecule has 1 aromatic heterocycles. The van der Waals surface area contributed by atoms with E-state index in [2.05, 4.69) is 24.0 Å². The van der Waals surface area contributed by atoms with Crippen LogP contribution in [0.1, 0.15) is 55.2 Å². The highest BCUT2D eigenvalue weighted by atomic mass is 32.2. The summed E-state index contributed by atoms with van der Waals surface area (Å²) < 4.78 is 23.7. The molecular formula is C13H20N4O3S. The van der Waals surface area contributed by atoms with Crippen LogP contribution in [-0.2, 0) is 10.0 Å².